The Hall–Kier alpha value is -0.870. The fourth-order valence-corrected chi connectivity index (χ4v) is 3.18. The Labute approximate surface area is 106 Å². The largest absolute Gasteiger partial charge is 0.351 e. The normalized spacial score (nSPS) is 24.5. The van der Waals surface area contributed by atoms with Crippen molar-refractivity contribution >= 4 is 17.2 Å². The average Bonchev–Trinajstić information content (AvgIpc) is 2.88. The number of amides is 1. The quantitative estimate of drug-likeness (QED) is 0.868. The summed E-state index contributed by atoms with van der Waals surface area (Å²) in [4.78, 5) is 13.0. The second-order valence-corrected chi connectivity index (χ2v) is 6.41. The Morgan fingerprint density at radius 1 is 1.65 bits per heavy atom. The van der Waals surface area contributed by atoms with Crippen molar-refractivity contribution in [2.75, 3.05) is 0 Å². The first-order valence-electron chi connectivity index (χ1n) is 6.10. The minimum absolute atomic E-state index is 0.0487. The molecule has 4 heteroatoms. The van der Waals surface area contributed by atoms with E-state index in [0.29, 0.717) is 0 Å². The first-order chi connectivity index (χ1) is 8.00. The summed E-state index contributed by atoms with van der Waals surface area (Å²) in [6.07, 6.45) is 3.42. The molecule has 1 heterocycles. The molecule has 2 rings (SSSR count). The zero-order chi connectivity index (χ0) is 12.5. The SMILES string of the molecule is CC1(C)CCCC1NC(=O)C(N)c1cccs1. The lowest BCUT2D eigenvalue weighted by atomic mass is 9.87. The Kier molecular flexibility index (Phi) is 3.54. The molecule has 2 unspecified atom stereocenters. The lowest BCUT2D eigenvalue weighted by Crippen LogP contribution is -2.45. The van der Waals surface area contributed by atoms with Crippen LogP contribution in [0, 0.1) is 5.41 Å². The van der Waals surface area contributed by atoms with Crippen molar-refractivity contribution in [3.05, 3.63) is 22.4 Å². The molecule has 3 nitrogen and oxygen atoms in total. The zero-order valence-electron chi connectivity index (χ0n) is 10.4. The maximum Gasteiger partial charge on any atom is 0.242 e. The molecule has 1 aromatic rings. The third kappa shape index (κ3) is 2.69. The lowest BCUT2D eigenvalue weighted by Gasteiger charge is -2.28. The van der Waals surface area contributed by atoms with Crippen LogP contribution in [-0.4, -0.2) is 11.9 Å². The summed E-state index contributed by atoms with van der Waals surface area (Å²) < 4.78 is 0. The van der Waals surface area contributed by atoms with Gasteiger partial charge in [0.25, 0.3) is 0 Å². The van der Waals surface area contributed by atoms with Gasteiger partial charge in [-0.1, -0.05) is 26.3 Å². The van der Waals surface area contributed by atoms with E-state index in [1.54, 1.807) is 0 Å². The van der Waals surface area contributed by atoms with Crippen LogP contribution in [0.3, 0.4) is 0 Å². The van der Waals surface area contributed by atoms with Crippen LogP contribution in [0.25, 0.3) is 0 Å². The fraction of sp³-hybridized carbons (Fsp3) is 0.615. The van der Waals surface area contributed by atoms with Crippen molar-refractivity contribution in [2.45, 2.75) is 45.2 Å². The predicted octanol–water partition coefficient (Wildman–Crippen LogP) is 2.44. The van der Waals surface area contributed by atoms with Crippen molar-refractivity contribution in [1.82, 2.24) is 5.32 Å². The number of hydrogen-bond donors (Lipinski definition) is 2. The number of thiophene rings is 1. The highest BCUT2D eigenvalue weighted by atomic mass is 32.1. The molecule has 3 N–H and O–H groups in total. The van der Waals surface area contributed by atoms with Crippen molar-refractivity contribution < 1.29 is 4.79 Å². The van der Waals surface area contributed by atoms with Gasteiger partial charge in [0.05, 0.1) is 0 Å². The van der Waals surface area contributed by atoms with Gasteiger partial charge in [-0.3, -0.25) is 4.79 Å². The van der Waals surface area contributed by atoms with E-state index in [2.05, 4.69) is 19.2 Å². The number of carbonyl (C=O) groups is 1. The molecule has 94 valence electrons. The van der Waals surface area contributed by atoms with E-state index in [-0.39, 0.29) is 17.4 Å². The monoisotopic (exact) mass is 252 g/mol. The third-order valence-corrected chi connectivity index (χ3v) is 4.66. The highest BCUT2D eigenvalue weighted by molar-refractivity contribution is 7.10. The van der Waals surface area contributed by atoms with E-state index in [1.807, 2.05) is 17.5 Å². The van der Waals surface area contributed by atoms with E-state index in [4.69, 9.17) is 5.73 Å². The molecule has 1 aliphatic carbocycles. The molecular formula is C13H20N2OS. The molecule has 2 atom stereocenters. The molecule has 0 radical (unpaired) electrons. The summed E-state index contributed by atoms with van der Waals surface area (Å²) in [5.74, 6) is -0.0487. The molecule has 0 spiro atoms. The minimum atomic E-state index is -0.522. The standard InChI is InChI=1S/C13H20N2OS/c1-13(2)7-3-6-10(13)15-12(16)11(14)9-5-4-8-17-9/h4-5,8,10-11H,3,6-7,14H2,1-2H3,(H,15,16). The van der Waals surface area contributed by atoms with Crippen LogP contribution >= 0.6 is 11.3 Å². The van der Waals surface area contributed by atoms with Gasteiger partial charge in [0.2, 0.25) is 5.91 Å². The Bertz CT molecular complexity index is 386. The van der Waals surface area contributed by atoms with Gasteiger partial charge in [-0.05, 0) is 29.7 Å². The number of rotatable bonds is 3. The number of carbonyl (C=O) groups excluding carboxylic acids is 1. The van der Waals surface area contributed by atoms with Crippen molar-refractivity contribution in [2.24, 2.45) is 11.1 Å². The van der Waals surface area contributed by atoms with Gasteiger partial charge in [0.15, 0.2) is 0 Å². The maximum absolute atomic E-state index is 12.1. The molecule has 17 heavy (non-hydrogen) atoms. The first kappa shape index (κ1) is 12.6. The molecule has 0 aromatic carbocycles. The van der Waals surface area contributed by atoms with Gasteiger partial charge < -0.3 is 11.1 Å². The molecule has 1 fully saturated rings. The molecule has 1 amide bonds. The van der Waals surface area contributed by atoms with Gasteiger partial charge >= 0.3 is 0 Å². The van der Waals surface area contributed by atoms with Gasteiger partial charge in [0.1, 0.15) is 6.04 Å². The Morgan fingerprint density at radius 3 is 2.94 bits per heavy atom. The van der Waals surface area contributed by atoms with Crippen LogP contribution in [0.2, 0.25) is 0 Å². The van der Waals surface area contributed by atoms with E-state index in [9.17, 15) is 4.79 Å². The zero-order valence-corrected chi connectivity index (χ0v) is 11.2. The smallest absolute Gasteiger partial charge is 0.242 e. The average molecular weight is 252 g/mol. The topological polar surface area (TPSA) is 55.1 Å². The van der Waals surface area contributed by atoms with Crippen LogP contribution in [-0.2, 0) is 4.79 Å². The van der Waals surface area contributed by atoms with E-state index in [1.165, 1.54) is 24.2 Å². The summed E-state index contributed by atoms with van der Waals surface area (Å²) in [6, 6.07) is 3.58. The van der Waals surface area contributed by atoms with Crippen LogP contribution in [0.1, 0.15) is 44.0 Å². The van der Waals surface area contributed by atoms with Crippen LogP contribution in [0.5, 0.6) is 0 Å². The molecule has 1 saturated carbocycles. The summed E-state index contributed by atoms with van der Waals surface area (Å²) >= 11 is 1.53. The molecule has 0 saturated heterocycles. The predicted molar refractivity (Wildman–Crippen MR) is 70.8 cm³/mol. The summed E-state index contributed by atoms with van der Waals surface area (Å²) in [5, 5.41) is 5.05. The van der Waals surface area contributed by atoms with Gasteiger partial charge in [-0.25, -0.2) is 0 Å². The highest BCUT2D eigenvalue weighted by Gasteiger charge is 2.36. The minimum Gasteiger partial charge on any atom is -0.351 e. The van der Waals surface area contributed by atoms with Crippen LogP contribution in [0.4, 0.5) is 0 Å². The molecule has 1 aromatic heterocycles. The number of hydrogen-bond acceptors (Lipinski definition) is 3. The number of nitrogens with two attached hydrogens (primary N) is 1. The van der Waals surface area contributed by atoms with Crippen molar-refractivity contribution in [1.29, 1.82) is 0 Å². The second-order valence-electron chi connectivity index (χ2n) is 5.44. The molecule has 0 aliphatic heterocycles. The van der Waals surface area contributed by atoms with Gasteiger partial charge in [-0.15, -0.1) is 11.3 Å². The third-order valence-electron chi connectivity index (χ3n) is 3.71. The first-order valence-corrected chi connectivity index (χ1v) is 6.98. The van der Waals surface area contributed by atoms with Gasteiger partial charge in [-0.2, -0.15) is 0 Å². The molecule has 1 aliphatic rings. The highest BCUT2D eigenvalue weighted by Crippen LogP contribution is 2.37. The van der Waals surface area contributed by atoms with E-state index in [0.717, 1.165) is 11.3 Å². The lowest BCUT2D eigenvalue weighted by molar-refractivity contribution is -0.123. The van der Waals surface area contributed by atoms with Crippen LogP contribution < -0.4 is 11.1 Å². The Morgan fingerprint density at radius 2 is 2.41 bits per heavy atom. The fourth-order valence-electron chi connectivity index (χ4n) is 2.45. The molecule has 0 bridgehead atoms. The number of nitrogens with one attached hydrogen (secondary N) is 1. The second kappa shape index (κ2) is 4.78. The Balaban J connectivity index is 1.98. The summed E-state index contributed by atoms with van der Waals surface area (Å²) in [5.41, 5.74) is 6.15. The summed E-state index contributed by atoms with van der Waals surface area (Å²) in [7, 11) is 0. The van der Waals surface area contributed by atoms with Gasteiger partial charge in [0, 0.05) is 10.9 Å². The molecular weight excluding hydrogens is 232 g/mol. The summed E-state index contributed by atoms with van der Waals surface area (Å²) in [6.45, 7) is 4.42. The van der Waals surface area contributed by atoms with Crippen molar-refractivity contribution in [3.63, 3.8) is 0 Å². The maximum atomic E-state index is 12.1. The van der Waals surface area contributed by atoms with E-state index >= 15 is 0 Å². The van der Waals surface area contributed by atoms with E-state index < -0.39 is 6.04 Å². The van der Waals surface area contributed by atoms with Crippen LogP contribution in [0.15, 0.2) is 17.5 Å². The van der Waals surface area contributed by atoms with Crippen molar-refractivity contribution in [3.8, 4) is 0 Å².